The van der Waals surface area contributed by atoms with Gasteiger partial charge in [0.2, 0.25) is 15.2 Å². The number of nitrogens with one attached hydrogen (secondary N) is 1. The standard InChI is InChI=1S/C17H22N4O3S2/c1-3-12(4-2)16-19-20-17(25-16)18-15(22)13-7-5-8-14(11-13)21-9-6-10-26(21,23)24/h5,7-8,11-12H,3-4,6,9-10H2,1-2H3,(H,18,20,22). The van der Waals surface area contributed by atoms with E-state index in [2.05, 4.69) is 29.4 Å². The number of carbonyl (C=O) groups excluding carboxylic acids is 1. The van der Waals surface area contributed by atoms with Crippen LogP contribution in [0.3, 0.4) is 0 Å². The highest BCUT2D eigenvalue weighted by Crippen LogP contribution is 2.29. The Bertz CT molecular complexity index is 891. The molecule has 9 heteroatoms. The van der Waals surface area contributed by atoms with Gasteiger partial charge < -0.3 is 0 Å². The molecule has 7 nitrogen and oxygen atoms in total. The zero-order valence-corrected chi connectivity index (χ0v) is 16.4. The van der Waals surface area contributed by atoms with Crippen molar-refractivity contribution in [3.63, 3.8) is 0 Å². The third-order valence-electron chi connectivity index (χ3n) is 4.49. The molecule has 1 N–H and O–H groups in total. The molecular weight excluding hydrogens is 372 g/mol. The molecule has 1 fully saturated rings. The number of sulfonamides is 1. The number of aromatic nitrogens is 2. The Morgan fingerprint density at radius 1 is 1.31 bits per heavy atom. The van der Waals surface area contributed by atoms with Crippen molar-refractivity contribution in [3.05, 3.63) is 34.8 Å². The molecule has 0 aliphatic carbocycles. The molecule has 140 valence electrons. The van der Waals surface area contributed by atoms with Crippen molar-refractivity contribution in [1.82, 2.24) is 10.2 Å². The molecule has 1 aliphatic heterocycles. The zero-order chi connectivity index (χ0) is 18.7. The van der Waals surface area contributed by atoms with Gasteiger partial charge in [-0.05, 0) is 37.5 Å². The number of carbonyl (C=O) groups is 1. The van der Waals surface area contributed by atoms with Gasteiger partial charge in [-0.25, -0.2) is 8.42 Å². The average molecular weight is 395 g/mol. The smallest absolute Gasteiger partial charge is 0.257 e. The van der Waals surface area contributed by atoms with Crippen LogP contribution in [0.4, 0.5) is 10.8 Å². The maximum Gasteiger partial charge on any atom is 0.257 e. The number of amides is 1. The molecule has 3 rings (SSSR count). The van der Waals surface area contributed by atoms with Crippen molar-refractivity contribution >= 4 is 38.1 Å². The van der Waals surface area contributed by atoms with E-state index < -0.39 is 10.0 Å². The third-order valence-corrected chi connectivity index (χ3v) is 7.36. The second-order valence-electron chi connectivity index (χ2n) is 6.21. The Kier molecular flexibility index (Phi) is 5.57. The third kappa shape index (κ3) is 3.88. The summed E-state index contributed by atoms with van der Waals surface area (Å²) in [5.41, 5.74) is 0.911. The number of rotatable bonds is 6. The van der Waals surface area contributed by atoms with Gasteiger partial charge in [0.25, 0.3) is 5.91 Å². The van der Waals surface area contributed by atoms with Gasteiger partial charge in [0, 0.05) is 18.0 Å². The molecule has 1 aliphatic rings. The van der Waals surface area contributed by atoms with Gasteiger partial charge in [-0.3, -0.25) is 14.4 Å². The van der Waals surface area contributed by atoms with Crippen LogP contribution in [-0.4, -0.2) is 36.8 Å². The van der Waals surface area contributed by atoms with Gasteiger partial charge in [-0.15, -0.1) is 10.2 Å². The van der Waals surface area contributed by atoms with Crippen molar-refractivity contribution in [2.75, 3.05) is 21.9 Å². The molecule has 0 bridgehead atoms. The highest BCUT2D eigenvalue weighted by molar-refractivity contribution is 7.93. The van der Waals surface area contributed by atoms with E-state index in [4.69, 9.17) is 0 Å². The van der Waals surface area contributed by atoms with Crippen molar-refractivity contribution < 1.29 is 13.2 Å². The number of hydrogen-bond donors (Lipinski definition) is 1. The van der Waals surface area contributed by atoms with Crippen LogP contribution in [0.25, 0.3) is 0 Å². The van der Waals surface area contributed by atoms with Crippen molar-refractivity contribution in [2.45, 2.75) is 39.0 Å². The molecule has 2 heterocycles. The lowest BCUT2D eigenvalue weighted by atomic mass is 10.1. The number of nitrogens with zero attached hydrogens (tertiary/aromatic N) is 3. The van der Waals surface area contributed by atoms with Gasteiger partial charge in [0.1, 0.15) is 5.01 Å². The van der Waals surface area contributed by atoms with Crippen LogP contribution in [-0.2, 0) is 10.0 Å². The van der Waals surface area contributed by atoms with Crippen LogP contribution in [0.2, 0.25) is 0 Å². The second-order valence-corrected chi connectivity index (χ2v) is 9.23. The topological polar surface area (TPSA) is 92.3 Å². The number of anilines is 2. The van der Waals surface area contributed by atoms with Crippen molar-refractivity contribution in [2.24, 2.45) is 0 Å². The minimum Gasteiger partial charge on any atom is -0.296 e. The predicted molar refractivity (Wildman–Crippen MR) is 103 cm³/mol. The fourth-order valence-electron chi connectivity index (χ4n) is 2.99. The van der Waals surface area contributed by atoms with Crippen LogP contribution >= 0.6 is 11.3 Å². The van der Waals surface area contributed by atoms with Gasteiger partial charge in [0.05, 0.1) is 11.4 Å². The second kappa shape index (κ2) is 7.71. The van der Waals surface area contributed by atoms with E-state index in [0.29, 0.717) is 35.3 Å². The summed E-state index contributed by atoms with van der Waals surface area (Å²) >= 11 is 1.38. The first-order valence-electron chi connectivity index (χ1n) is 8.69. The quantitative estimate of drug-likeness (QED) is 0.812. The first kappa shape index (κ1) is 18.8. The van der Waals surface area contributed by atoms with Gasteiger partial charge in [-0.1, -0.05) is 31.3 Å². The van der Waals surface area contributed by atoms with Crippen LogP contribution < -0.4 is 9.62 Å². The molecule has 0 radical (unpaired) electrons. The van der Waals surface area contributed by atoms with Gasteiger partial charge in [-0.2, -0.15) is 0 Å². The Morgan fingerprint density at radius 3 is 2.73 bits per heavy atom. The molecule has 0 saturated carbocycles. The molecule has 1 aromatic heterocycles. The maximum absolute atomic E-state index is 12.5. The summed E-state index contributed by atoms with van der Waals surface area (Å²) in [7, 11) is -3.27. The van der Waals surface area contributed by atoms with Crippen LogP contribution in [0.15, 0.2) is 24.3 Å². The Hall–Kier alpha value is -2.00. The van der Waals surface area contributed by atoms with E-state index in [-0.39, 0.29) is 11.7 Å². The van der Waals surface area contributed by atoms with Crippen molar-refractivity contribution in [3.8, 4) is 0 Å². The number of benzene rings is 1. The molecule has 26 heavy (non-hydrogen) atoms. The summed E-state index contributed by atoms with van der Waals surface area (Å²) < 4.78 is 25.5. The Morgan fingerprint density at radius 2 is 2.08 bits per heavy atom. The predicted octanol–water partition coefficient (Wildman–Crippen LogP) is 3.23. The SMILES string of the molecule is CCC(CC)c1nnc(NC(=O)c2cccc(N3CCCS3(=O)=O)c2)s1. The lowest BCUT2D eigenvalue weighted by Crippen LogP contribution is -2.25. The van der Waals surface area contributed by atoms with E-state index in [1.807, 2.05) is 0 Å². The first-order chi connectivity index (χ1) is 12.4. The van der Waals surface area contributed by atoms with E-state index in [0.717, 1.165) is 17.8 Å². The zero-order valence-electron chi connectivity index (χ0n) is 14.8. The molecule has 0 unspecified atom stereocenters. The highest BCUT2D eigenvalue weighted by atomic mass is 32.2. The summed E-state index contributed by atoms with van der Waals surface area (Å²) in [6, 6.07) is 6.65. The van der Waals surface area contributed by atoms with Gasteiger partial charge >= 0.3 is 0 Å². The summed E-state index contributed by atoms with van der Waals surface area (Å²) in [5.74, 6) is 0.171. The summed E-state index contributed by atoms with van der Waals surface area (Å²) in [6.45, 7) is 4.65. The molecule has 0 spiro atoms. The fraction of sp³-hybridized carbons (Fsp3) is 0.471. The van der Waals surface area contributed by atoms with E-state index in [1.54, 1.807) is 24.3 Å². The molecule has 2 aromatic rings. The Labute approximate surface area is 157 Å². The monoisotopic (exact) mass is 394 g/mol. The molecular formula is C17H22N4O3S2. The van der Waals surface area contributed by atoms with E-state index in [1.165, 1.54) is 15.6 Å². The average Bonchev–Trinajstić information content (AvgIpc) is 3.22. The minimum atomic E-state index is -3.27. The van der Waals surface area contributed by atoms with Crippen LogP contribution in [0.5, 0.6) is 0 Å². The normalized spacial score (nSPS) is 16.2. The van der Waals surface area contributed by atoms with Crippen LogP contribution in [0, 0.1) is 0 Å². The Balaban J connectivity index is 1.76. The van der Waals surface area contributed by atoms with Gasteiger partial charge in [0.15, 0.2) is 0 Å². The van der Waals surface area contributed by atoms with E-state index >= 15 is 0 Å². The molecule has 1 aromatic carbocycles. The largest absolute Gasteiger partial charge is 0.296 e. The van der Waals surface area contributed by atoms with E-state index in [9.17, 15) is 13.2 Å². The molecule has 1 saturated heterocycles. The highest BCUT2D eigenvalue weighted by Gasteiger charge is 2.28. The summed E-state index contributed by atoms with van der Waals surface area (Å²) in [4.78, 5) is 12.5. The first-order valence-corrected chi connectivity index (χ1v) is 11.1. The minimum absolute atomic E-state index is 0.146. The summed E-state index contributed by atoms with van der Waals surface area (Å²) in [6.07, 6.45) is 2.55. The lowest BCUT2D eigenvalue weighted by Gasteiger charge is -2.17. The maximum atomic E-state index is 12.5. The molecule has 0 atom stereocenters. The van der Waals surface area contributed by atoms with Crippen LogP contribution in [0.1, 0.15) is 54.4 Å². The fourth-order valence-corrected chi connectivity index (χ4v) is 5.55. The molecule has 1 amide bonds. The lowest BCUT2D eigenvalue weighted by molar-refractivity contribution is 0.102. The summed E-state index contributed by atoms with van der Waals surface area (Å²) in [5, 5.41) is 12.4. The van der Waals surface area contributed by atoms with Crippen molar-refractivity contribution in [1.29, 1.82) is 0 Å². The number of hydrogen-bond acceptors (Lipinski definition) is 6.